The summed E-state index contributed by atoms with van der Waals surface area (Å²) >= 11 is 2.42. The lowest BCUT2D eigenvalue weighted by Gasteiger charge is -2.11. The van der Waals surface area contributed by atoms with Gasteiger partial charge in [-0.3, -0.25) is 14.2 Å². The number of carbonyl (C=O) groups excluding carboxylic acids is 1. The van der Waals surface area contributed by atoms with Crippen molar-refractivity contribution in [2.24, 2.45) is 0 Å². The molecule has 0 atom stereocenters. The summed E-state index contributed by atoms with van der Waals surface area (Å²) < 4.78 is 28.7. The number of nitrogens with zero attached hydrogens (tertiary/aromatic N) is 4. The minimum Gasteiger partial charge on any atom is -0.348 e. The molecule has 11 heteroatoms. The second-order valence-corrected chi connectivity index (χ2v) is 8.67. The Hall–Kier alpha value is -2.53. The Morgan fingerprint density at radius 3 is 2.73 bits per heavy atom. The molecule has 158 valence electrons. The Morgan fingerprint density at radius 2 is 2.03 bits per heavy atom. The molecule has 0 unspecified atom stereocenters. The molecule has 2 aromatic heterocycles. The summed E-state index contributed by atoms with van der Waals surface area (Å²) in [6.07, 6.45) is 2.21. The fourth-order valence-corrected chi connectivity index (χ4v) is 5.07. The van der Waals surface area contributed by atoms with Gasteiger partial charge in [-0.2, -0.15) is 4.98 Å². The third-order valence-electron chi connectivity index (χ3n) is 4.70. The van der Waals surface area contributed by atoms with E-state index < -0.39 is 17.5 Å². The van der Waals surface area contributed by atoms with E-state index in [9.17, 15) is 18.4 Å². The number of thiazole rings is 1. The van der Waals surface area contributed by atoms with Crippen LogP contribution in [0.15, 0.2) is 28.2 Å². The predicted molar refractivity (Wildman–Crippen MR) is 115 cm³/mol. The van der Waals surface area contributed by atoms with Gasteiger partial charge in [0.2, 0.25) is 5.91 Å². The minimum atomic E-state index is -0.852. The number of carbonyl (C=O) groups is 1. The first kappa shape index (κ1) is 20.7. The van der Waals surface area contributed by atoms with Gasteiger partial charge in [-0.25, -0.2) is 13.8 Å². The summed E-state index contributed by atoms with van der Waals surface area (Å²) in [6.45, 7) is 4.07. The zero-order valence-corrected chi connectivity index (χ0v) is 17.8. The average molecular weight is 452 g/mol. The Bertz CT molecular complexity index is 1160. The van der Waals surface area contributed by atoms with Crippen molar-refractivity contribution >= 4 is 50.2 Å². The van der Waals surface area contributed by atoms with Gasteiger partial charge < -0.3 is 10.2 Å². The van der Waals surface area contributed by atoms with Gasteiger partial charge in [0.25, 0.3) is 5.56 Å². The van der Waals surface area contributed by atoms with E-state index in [2.05, 4.69) is 20.2 Å². The van der Waals surface area contributed by atoms with E-state index in [-0.39, 0.29) is 17.0 Å². The number of thioether (sulfide) groups is 1. The number of amides is 1. The lowest BCUT2D eigenvalue weighted by molar-refractivity contribution is -0.113. The molecular formula is C19H19F2N5O2S2. The lowest BCUT2D eigenvalue weighted by Crippen LogP contribution is -2.23. The van der Waals surface area contributed by atoms with Crippen molar-refractivity contribution in [1.82, 2.24) is 14.5 Å². The van der Waals surface area contributed by atoms with E-state index >= 15 is 0 Å². The molecule has 1 N–H and O–H groups in total. The van der Waals surface area contributed by atoms with Crippen LogP contribution in [-0.2, 0) is 11.3 Å². The Labute approximate surface area is 179 Å². The molecular weight excluding hydrogens is 432 g/mol. The number of halogens is 2. The number of nitrogens with one attached hydrogen (secondary N) is 1. The third kappa shape index (κ3) is 4.17. The van der Waals surface area contributed by atoms with Crippen molar-refractivity contribution in [1.29, 1.82) is 0 Å². The Morgan fingerprint density at radius 1 is 1.27 bits per heavy atom. The standard InChI is InChI=1S/C19H19F2N5O2S2/c1-2-26-17(28)15-16(23-18(30-15)25-7-3-4-8-25)24-19(26)29-10-14(27)22-13-6-5-11(20)9-12(13)21/h5-6,9H,2-4,7-8,10H2,1H3,(H,22,27). The van der Waals surface area contributed by atoms with Crippen LogP contribution in [0, 0.1) is 11.6 Å². The highest BCUT2D eigenvalue weighted by atomic mass is 32.2. The van der Waals surface area contributed by atoms with Gasteiger partial charge in [0.1, 0.15) is 16.3 Å². The van der Waals surface area contributed by atoms with Crippen LogP contribution in [0.2, 0.25) is 0 Å². The maximum absolute atomic E-state index is 13.7. The van der Waals surface area contributed by atoms with E-state index in [1.165, 1.54) is 15.9 Å². The van der Waals surface area contributed by atoms with Gasteiger partial charge in [0.15, 0.2) is 15.9 Å². The number of hydrogen-bond acceptors (Lipinski definition) is 7. The molecule has 1 aromatic carbocycles. The van der Waals surface area contributed by atoms with Gasteiger partial charge in [0.05, 0.1) is 11.4 Å². The van der Waals surface area contributed by atoms with Crippen molar-refractivity contribution in [3.8, 4) is 0 Å². The second-order valence-electron chi connectivity index (χ2n) is 6.75. The molecule has 1 fully saturated rings. The first-order chi connectivity index (χ1) is 14.5. The van der Waals surface area contributed by atoms with E-state index in [0.29, 0.717) is 28.1 Å². The molecule has 1 amide bonds. The number of rotatable bonds is 6. The molecule has 3 aromatic rings. The van der Waals surface area contributed by atoms with Crippen LogP contribution in [0.3, 0.4) is 0 Å². The summed E-state index contributed by atoms with van der Waals surface area (Å²) in [5.74, 6) is -2.15. The fraction of sp³-hybridized carbons (Fsp3) is 0.368. The molecule has 1 saturated heterocycles. The normalized spacial score (nSPS) is 13.9. The van der Waals surface area contributed by atoms with Crippen molar-refractivity contribution in [3.63, 3.8) is 0 Å². The lowest BCUT2D eigenvalue weighted by atomic mass is 10.3. The zero-order valence-electron chi connectivity index (χ0n) is 16.2. The molecule has 1 aliphatic heterocycles. The highest BCUT2D eigenvalue weighted by Crippen LogP contribution is 2.29. The summed E-state index contributed by atoms with van der Waals surface area (Å²) in [7, 11) is 0. The summed E-state index contributed by atoms with van der Waals surface area (Å²) in [5, 5.41) is 3.57. The summed E-state index contributed by atoms with van der Waals surface area (Å²) in [4.78, 5) is 36.3. The SMILES string of the molecule is CCn1c(SCC(=O)Nc2ccc(F)cc2F)nc2nc(N3CCCC3)sc2c1=O. The number of hydrogen-bond donors (Lipinski definition) is 1. The predicted octanol–water partition coefficient (Wildman–Crippen LogP) is 3.48. The maximum Gasteiger partial charge on any atom is 0.273 e. The molecule has 0 saturated carbocycles. The van der Waals surface area contributed by atoms with Crippen LogP contribution in [0.25, 0.3) is 10.3 Å². The number of aromatic nitrogens is 3. The van der Waals surface area contributed by atoms with Crippen LogP contribution >= 0.6 is 23.1 Å². The number of benzene rings is 1. The van der Waals surface area contributed by atoms with Crippen molar-refractivity contribution in [2.45, 2.75) is 31.5 Å². The molecule has 0 spiro atoms. The molecule has 1 aliphatic rings. The van der Waals surface area contributed by atoms with Crippen LogP contribution in [0.1, 0.15) is 19.8 Å². The van der Waals surface area contributed by atoms with E-state index in [1.54, 1.807) is 0 Å². The van der Waals surface area contributed by atoms with Crippen molar-refractivity contribution in [3.05, 3.63) is 40.2 Å². The smallest absolute Gasteiger partial charge is 0.273 e. The van der Waals surface area contributed by atoms with Crippen molar-refractivity contribution in [2.75, 3.05) is 29.1 Å². The maximum atomic E-state index is 13.7. The highest BCUT2D eigenvalue weighted by molar-refractivity contribution is 7.99. The molecule has 0 aliphatic carbocycles. The zero-order chi connectivity index (χ0) is 21.3. The molecule has 4 rings (SSSR count). The summed E-state index contributed by atoms with van der Waals surface area (Å²) in [6, 6.07) is 2.93. The highest BCUT2D eigenvalue weighted by Gasteiger charge is 2.21. The first-order valence-electron chi connectivity index (χ1n) is 9.50. The van der Waals surface area contributed by atoms with Crippen LogP contribution < -0.4 is 15.8 Å². The number of anilines is 2. The molecule has 30 heavy (non-hydrogen) atoms. The molecule has 0 bridgehead atoms. The van der Waals surface area contributed by atoms with Crippen LogP contribution in [0.5, 0.6) is 0 Å². The Balaban J connectivity index is 1.54. The second kappa shape index (κ2) is 8.68. The molecule has 0 radical (unpaired) electrons. The topological polar surface area (TPSA) is 80.1 Å². The fourth-order valence-electron chi connectivity index (χ4n) is 3.22. The van der Waals surface area contributed by atoms with E-state index in [0.717, 1.165) is 55.0 Å². The average Bonchev–Trinajstić information content (AvgIpc) is 3.38. The van der Waals surface area contributed by atoms with E-state index in [1.807, 2.05) is 6.92 Å². The van der Waals surface area contributed by atoms with Crippen LogP contribution in [-0.4, -0.2) is 39.3 Å². The third-order valence-corrected chi connectivity index (χ3v) is 6.77. The monoisotopic (exact) mass is 451 g/mol. The van der Waals surface area contributed by atoms with Gasteiger partial charge in [-0.1, -0.05) is 23.1 Å². The van der Waals surface area contributed by atoms with Gasteiger partial charge in [-0.05, 0) is 31.9 Å². The Kier molecular flexibility index (Phi) is 6.00. The summed E-state index contributed by atoms with van der Waals surface area (Å²) in [5.41, 5.74) is 0.0927. The minimum absolute atomic E-state index is 0.0854. The van der Waals surface area contributed by atoms with Crippen LogP contribution in [0.4, 0.5) is 19.6 Å². The molecule has 3 heterocycles. The van der Waals surface area contributed by atoms with Gasteiger partial charge >= 0.3 is 0 Å². The number of fused-ring (bicyclic) bond motifs is 1. The largest absolute Gasteiger partial charge is 0.348 e. The van der Waals surface area contributed by atoms with Gasteiger partial charge in [-0.15, -0.1) is 0 Å². The molecule has 7 nitrogen and oxygen atoms in total. The van der Waals surface area contributed by atoms with Crippen molar-refractivity contribution < 1.29 is 13.6 Å². The first-order valence-corrected chi connectivity index (χ1v) is 11.3. The van der Waals surface area contributed by atoms with E-state index in [4.69, 9.17) is 0 Å². The quantitative estimate of drug-likeness (QED) is 0.457. The van der Waals surface area contributed by atoms with Gasteiger partial charge in [0, 0.05) is 25.7 Å².